The maximum atomic E-state index is 12.9. The zero-order chi connectivity index (χ0) is 50.6. The second-order valence-corrected chi connectivity index (χ2v) is 20.3. The van der Waals surface area contributed by atoms with Crippen molar-refractivity contribution in [1.29, 1.82) is 0 Å². The van der Waals surface area contributed by atoms with E-state index in [0.717, 1.165) is 128 Å². The summed E-state index contributed by atoms with van der Waals surface area (Å²) in [5.41, 5.74) is 0. The highest BCUT2D eigenvalue weighted by molar-refractivity contribution is 7.45. The molecule has 0 rings (SSSR count). The normalized spacial score (nSPS) is 15.1. The van der Waals surface area contributed by atoms with Crippen molar-refractivity contribution in [3.63, 3.8) is 0 Å². The molecule has 0 aliphatic carbocycles. The highest BCUT2D eigenvalue weighted by Gasteiger charge is 2.23. The van der Waals surface area contributed by atoms with E-state index >= 15 is 0 Å². The van der Waals surface area contributed by atoms with Crippen LogP contribution in [0.2, 0.25) is 0 Å². The number of rotatable bonds is 47. The van der Waals surface area contributed by atoms with Crippen molar-refractivity contribution in [2.75, 3.05) is 40.9 Å². The van der Waals surface area contributed by atoms with Gasteiger partial charge >= 0.3 is 0 Å². The van der Waals surface area contributed by atoms with Crippen molar-refractivity contribution in [3.8, 4) is 0 Å². The number of amides is 1. The van der Waals surface area contributed by atoms with E-state index in [-0.39, 0.29) is 12.5 Å². The minimum Gasteiger partial charge on any atom is -0.756 e. The van der Waals surface area contributed by atoms with E-state index in [1.54, 1.807) is 6.08 Å². The van der Waals surface area contributed by atoms with Gasteiger partial charge in [0.05, 0.1) is 39.9 Å². The molecule has 0 spiro atoms. The number of phosphoric acid groups is 1. The Kier molecular flexibility index (Phi) is 47.2. The Morgan fingerprint density at radius 3 is 1.29 bits per heavy atom. The monoisotopic (exact) mass is 977 g/mol. The molecule has 0 fully saturated rings. The highest BCUT2D eigenvalue weighted by atomic mass is 31.2. The number of quaternary nitrogens is 1. The molecule has 9 heteroatoms. The Hall–Kier alpha value is -3.36. The van der Waals surface area contributed by atoms with Crippen LogP contribution in [-0.2, 0) is 18.4 Å². The van der Waals surface area contributed by atoms with Crippen LogP contribution < -0.4 is 10.2 Å². The molecule has 1 amide bonds. The smallest absolute Gasteiger partial charge is 0.268 e. The third kappa shape index (κ3) is 52.3. The number of carbonyl (C=O) groups excluding carboxylic acids is 1. The number of hydrogen-bond acceptors (Lipinski definition) is 6. The first-order valence-corrected chi connectivity index (χ1v) is 28.5. The molecule has 0 saturated carbocycles. The van der Waals surface area contributed by atoms with Crippen LogP contribution in [-0.4, -0.2) is 68.5 Å². The number of allylic oxidation sites excluding steroid dienone is 21. The third-order valence-electron chi connectivity index (χ3n) is 11.1. The molecule has 0 aliphatic rings. The van der Waals surface area contributed by atoms with E-state index in [1.807, 2.05) is 27.2 Å². The standard InChI is InChI=1S/C60H101N2O6P/c1-6-8-10-12-14-16-18-19-20-21-22-23-24-25-26-27-28-29-30-31-32-33-34-35-36-37-38-39-40-41-42-43-44-46-48-50-52-54-60(64)61-58(57-68-69(65,66)67-56-55-62(3,4)5)59(63)53-51-49-47-45-17-15-13-11-9-7-2/h8,10,14,16,19-20,22-23,25-26,28-29,31-32,34-35,37-38,40-41,51,53,58-59,63H,6-7,9,11-13,15,17-18,21,24,27,30,33,36,39,42-50,52,54-57H2,1-5H3,(H-,61,64,65,66)/b10-8-,16-14-,20-19-,23-22-,26-25-,29-28-,32-31-,35-34-,38-37-,41-40-,53-51+. The Bertz CT molecular complexity index is 1580. The molecule has 0 radical (unpaired) electrons. The van der Waals surface area contributed by atoms with Crippen LogP contribution in [0.3, 0.4) is 0 Å². The summed E-state index contributed by atoms with van der Waals surface area (Å²) < 4.78 is 23.2. The van der Waals surface area contributed by atoms with Gasteiger partial charge in [-0.1, -0.05) is 218 Å². The molecule has 3 unspecified atom stereocenters. The molecule has 0 aliphatic heterocycles. The summed E-state index contributed by atoms with van der Waals surface area (Å²) in [5, 5.41) is 13.8. The van der Waals surface area contributed by atoms with E-state index in [2.05, 4.69) is 141 Å². The van der Waals surface area contributed by atoms with Crippen LogP contribution in [0.1, 0.15) is 187 Å². The minimum absolute atomic E-state index is 0.0114. The summed E-state index contributed by atoms with van der Waals surface area (Å²) in [6, 6.07) is -0.902. The lowest BCUT2D eigenvalue weighted by atomic mass is 10.1. The zero-order valence-electron chi connectivity index (χ0n) is 44.5. The van der Waals surface area contributed by atoms with Gasteiger partial charge in [-0.2, -0.15) is 0 Å². The molecular weight excluding hydrogens is 876 g/mol. The van der Waals surface area contributed by atoms with E-state index < -0.39 is 26.6 Å². The SMILES string of the molecule is CC/C=C\C/C=C\C/C=C\C/C=C\C/C=C\C/C=C\C/C=C\C/C=C\C/C=C\C/C=C\CCCCCCCCC(=O)NC(COP(=O)([O-])OCC[N+](C)(C)C)C(O)/C=C/CCCCCCCCCC. The van der Waals surface area contributed by atoms with Crippen LogP contribution in [0, 0.1) is 0 Å². The first-order chi connectivity index (χ1) is 33.5. The summed E-state index contributed by atoms with van der Waals surface area (Å²) in [4.78, 5) is 25.3. The first-order valence-electron chi connectivity index (χ1n) is 27.0. The molecule has 0 heterocycles. The van der Waals surface area contributed by atoms with Gasteiger partial charge < -0.3 is 28.8 Å². The predicted octanol–water partition coefficient (Wildman–Crippen LogP) is 15.7. The zero-order valence-corrected chi connectivity index (χ0v) is 45.3. The van der Waals surface area contributed by atoms with Crippen molar-refractivity contribution in [3.05, 3.63) is 134 Å². The number of nitrogens with zero attached hydrogens (tertiary/aromatic N) is 1. The van der Waals surface area contributed by atoms with Crippen LogP contribution >= 0.6 is 7.82 Å². The number of unbranched alkanes of at least 4 members (excludes halogenated alkanes) is 14. The Morgan fingerprint density at radius 1 is 0.522 bits per heavy atom. The van der Waals surface area contributed by atoms with Gasteiger partial charge in [-0.15, -0.1) is 0 Å². The van der Waals surface area contributed by atoms with Crippen LogP contribution in [0.5, 0.6) is 0 Å². The van der Waals surface area contributed by atoms with Gasteiger partial charge in [-0.25, -0.2) is 0 Å². The quantitative estimate of drug-likeness (QED) is 0.0272. The molecule has 8 nitrogen and oxygen atoms in total. The van der Waals surface area contributed by atoms with Gasteiger partial charge in [0.25, 0.3) is 7.82 Å². The molecule has 0 aromatic heterocycles. The molecular formula is C60H101N2O6P. The number of carbonyl (C=O) groups is 1. The lowest BCUT2D eigenvalue weighted by molar-refractivity contribution is -0.870. The number of aliphatic hydroxyl groups excluding tert-OH is 1. The Labute approximate surface area is 424 Å². The van der Waals surface area contributed by atoms with Gasteiger partial charge in [0, 0.05) is 6.42 Å². The van der Waals surface area contributed by atoms with Gasteiger partial charge in [-0.3, -0.25) is 9.36 Å². The second kappa shape index (κ2) is 49.6. The maximum absolute atomic E-state index is 12.9. The van der Waals surface area contributed by atoms with E-state index in [0.29, 0.717) is 17.4 Å². The average molecular weight is 977 g/mol. The summed E-state index contributed by atoms with van der Waals surface area (Å²) in [5.74, 6) is -0.221. The Morgan fingerprint density at radius 2 is 0.884 bits per heavy atom. The largest absolute Gasteiger partial charge is 0.756 e. The summed E-state index contributed by atoms with van der Waals surface area (Å²) in [6.45, 7) is 4.47. The van der Waals surface area contributed by atoms with Crippen LogP contribution in [0.15, 0.2) is 134 Å². The summed E-state index contributed by atoms with van der Waals surface area (Å²) >= 11 is 0. The van der Waals surface area contributed by atoms with Crippen molar-refractivity contribution in [2.45, 2.75) is 199 Å². The molecule has 69 heavy (non-hydrogen) atoms. The fraction of sp³-hybridized carbons (Fsp3) is 0.617. The lowest BCUT2D eigenvalue weighted by Gasteiger charge is -2.29. The molecule has 0 bridgehead atoms. The predicted molar refractivity (Wildman–Crippen MR) is 297 cm³/mol. The number of likely N-dealkylation sites (N-methyl/N-ethyl adjacent to an activating group) is 1. The number of aliphatic hydroxyl groups is 1. The average Bonchev–Trinajstić information content (AvgIpc) is 3.31. The molecule has 0 aromatic rings. The molecule has 0 saturated heterocycles. The maximum Gasteiger partial charge on any atom is 0.268 e. The van der Waals surface area contributed by atoms with Crippen molar-refractivity contribution in [1.82, 2.24) is 5.32 Å². The number of phosphoric ester groups is 1. The minimum atomic E-state index is -4.60. The van der Waals surface area contributed by atoms with Gasteiger partial charge in [0.15, 0.2) is 0 Å². The van der Waals surface area contributed by atoms with Gasteiger partial charge in [0.1, 0.15) is 13.2 Å². The fourth-order valence-electron chi connectivity index (χ4n) is 6.88. The van der Waals surface area contributed by atoms with Crippen molar-refractivity contribution < 1.29 is 32.9 Å². The topological polar surface area (TPSA) is 108 Å². The first kappa shape index (κ1) is 65.6. The Balaban J connectivity index is 4.16. The van der Waals surface area contributed by atoms with Crippen LogP contribution in [0.4, 0.5) is 0 Å². The third-order valence-corrected chi connectivity index (χ3v) is 12.1. The fourth-order valence-corrected chi connectivity index (χ4v) is 7.61. The summed E-state index contributed by atoms with van der Waals surface area (Å²) in [7, 11) is 1.23. The van der Waals surface area contributed by atoms with E-state index in [1.165, 1.54) is 38.5 Å². The van der Waals surface area contributed by atoms with Gasteiger partial charge in [-0.05, 0) is 96.3 Å². The van der Waals surface area contributed by atoms with Crippen molar-refractivity contribution in [2.24, 2.45) is 0 Å². The number of nitrogens with one attached hydrogen (secondary N) is 1. The number of hydrogen-bond donors (Lipinski definition) is 2. The van der Waals surface area contributed by atoms with E-state index in [9.17, 15) is 19.4 Å². The lowest BCUT2D eigenvalue weighted by Crippen LogP contribution is -2.45. The van der Waals surface area contributed by atoms with Crippen molar-refractivity contribution >= 4 is 13.7 Å². The summed E-state index contributed by atoms with van der Waals surface area (Å²) in [6.07, 6.45) is 75.3. The van der Waals surface area contributed by atoms with E-state index in [4.69, 9.17) is 9.05 Å². The van der Waals surface area contributed by atoms with Crippen LogP contribution in [0.25, 0.3) is 0 Å². The molecule has 0 aromatic carbocycles. The molecule has 2 N–H and O–H groups in total. The second-order valence-electron chi connectivity index (χ2n) is 18.9. The highest BCUT2D eigenvalue weighted by Crippen LogP contribution is 2.38. The molecule has 3 atom stereocenters. The van der Waals surface area contributed by atoms with Gasteiger partial charge in [0.2, 0.25) is 5.91 Å². The molecule has 392 valence electrons.